The van der Waals surface area contributed by atoms with Gasteiger partial charge in [0.25, 0.3) is 0 Å². The van der Waals surface area contributed by atoms with Crippen LogP contribution in [0.25, 0.3) is 6.08 Å². The van der Waals surface area contributed by atoms with Gasteiger partial charge in [-0.1, -0.05) is 28.1 Å². The lowest BCUT2D eigenvalue weighted by atomic mass is 10.1. The molecule has 0 aliphatic carbocycles. The van der Waals surface area contributed by atoms with Crippen molar-refractivity contribution in [3.63, 3.8) is 0 Å². The molecule has 0 aliphatic heterocycles. The minimum Gasteiger partial charge on any atom is -0.478 e. The van der Waals surface area contributed by atoms with Crippen LogP contribution in [-0.4, -0.2) is 22.8 Å². The summed E-state index contributed by atoms with van der Waals surface area (Å²) in [7, 11) is 0. The first kappa shape index (κ1) is 14.6. The Kier molecular flexibility index (Phi) is 4.77. The maximum Gasteiger partial charge on any atom is 0.573 e. The molecular formula is C11H8BrF3O3. The number of alkyl halides is 4. The average molecular weight is 325 g/mol. The predicted molar refractivity (Wildman–Crippen MR) is 62.9 cm³/mol. The molecule has 0 saturated heterocycles. The summed E-state index contributed by atoms with van der Waals surface area (Å²) in [4.78, 5) is 10.8. The van der Waals surface area contributed by atoms with E-state index in [4.69, 9.17) is 5.11 Å². The number of allylic oxidation sites excluding steroid dienone is 1. The molecule has 0 saturated carbocycles. The van der Waals surface area contributed by atoms with Crippen molar-refractivity contribution in [3.8, 4) is 5.75 Å². The molecule has 1 aromatic rings. The summed E-state index contributed by atoms with van der Waals surface area (Å²) < 4.78 is 39.9. The molecule has 0 fully saturated rings. The van der Waals surface area contributed by atoms with Crippen molar-refractivity contribution in [2.75, 3.05) is 5.33 Å². The molecule has 3 nitrogen and oxygen atoms in total. The summed E-state index contributed by atoms with van der Waals surface area (Å²) in [5.41, 5.74) is 0.0413. The van der Waals surface area contributed by atoms with Crippen LogP contribution in [0.15, 0.2) is 24.3 Å². The molecule has 1 rings (SSSR count). The molecule has 0 amide bonds. The third-order valence-electron chi connectivity index (χ3n) is 1.81. The van der Waals surface area contributed by atoms with Crippen LogP contribution in [0.5, 0.6) is 5.75 Å². The van der Waals surface area contributed by atoms with Gasteiger partial charge in [-0.05, 0) is 23.8 Å². The molecule has 0 bridgehead atoms. The Balaban J connectivity index is 3.13. The fourth-order valence-corrected chi connectivity index (χ4v) is 1.40. The van der Waals surface area contributed by atoms with Crippen LogP contribution in [0.3, 0.4) is 0 Å². The molecule has 1 N–H and O–H groups in total. The van der Waals surface area contributed by atoms with Crippen molar-refractivity contribution in [2.45, 2.75) is 6.36 Å². The van der Waals surface area contributed by atoms with Gasteiger partial charge < -0.3 is 9.84 Å². The Morgan fingerprint density at radius 1 is 1.39 bits per heavy atom. The second-order valence-electron chi connectivity index (χ2n) is 3.20. The molecule has 0 spiro atoms. The van der Waals surface area contributed by atoms with E-state index in [0.29, 0.717) is 10.9 Å². The molecule has 0 aliphatic rings. The van der Waals surface area contributed by atoms with Gasteiger partial charge in [-0.2, -0.15) is 0 Å². The van der Waals surface area contributed by atoms with E-state index in [2.05, 4.69) is 20.7 Å². The normalized spacial score (nSPS) is 11.8. The quantitative estimate of drug-likeness (QED) is 0.859. The monoisotopic (exact) mass is 324 g/mol. The van der Waals surface area contributed by atoms with Crippen LogP contribution < -0.4 is 4.74 Å². The molecule has 7 heteroatoms. The zero-order valence-corrected chi connectivity index (χ0v) is 10.5. The Morgan fingerprint density at radius 2 is 2.06 bits per heavy atom. The SMILES string of the molecule is O=C(O)c1cc(C=CCBr)cc(OC(F)(F)F)c1. The van der Waals surface area contributed by atoms with Crippen LogP contribution in [0.4, 0.5) is 13.2 Å². The first-order chi connectivity index (χ1) is 8.31. The number of hydrogen-bond acceptors (Lipinski definition) is 2. The number of rotatable bonds is 4. The van der Waals surface area contributed by atoms with E-state index in [1.807, 2.05) is 0 Å². The molecule has 1 aromatic carbocycles. The highest BCUT2D eigenvalue weighted by Gasteiger charge is 2.31. The van der Waals surface area contributed by atoms with E-state index in [1.165, 1.54) is 12.1 Å². The summed E-state index contributed by atoms with van der Waals surface area (Å²) in [6.07, 6.45) is -1.74. The van der Waals surface area contributed by atoms with E-state index in [1.54, 1.807) is 6.08 Å². The van der Waals surface area contributed by atoms with Gasteiger partial charge in [-0.3, -0.25) is 0 Å². The number of carboxylic acid groups (broad SMARTS) is 1. The lowest BCUT2D eigenvalue weighted by Crippen LogP contribution is -2.17. The lowest BCUT2D eigenvalue weighted by Gasteiger charge is -2.10. The van der Waals surface area contributed by atoms with Crippen molar-refractivity contribution in [2.24, 2.45) is 0 Å². The Hall–Kier alpha value is -1.50. The number of carbonyl (C=O) groups is 1. The molecule has 0 unspecified atom stereocenters. The zero-order valence-electron chi connectivity index (χ0n) is 8.87. The van der Waals surface area contributed by atoms with Gasteiger partial charge in [0, 0.05) is 5.33 Å². The van der Waals surface area contributed by atoms with Crippen LogP contribution in [-0.2, 0) is 0 Å². The molecule has 0 aromatic heterocycles. The Labute approximate surface area is 109 Å². The van der Waals surface area contributed by atoms with E-state index < -0.39 is 18.1 Å². The summed E-state index contributed by atoms with van der Waals surface area (Å²) in [6.45, 7) is 0. The van der Waals surface area contributed by atoms with E-state index in [0.717, 1.165) is 12.1 Å². The predicted octanol–water partition coefficient (Wildman–Crippen LogP) is 3.69. The highest BCUT2D eigenvalue weighted by Crippen LogP contribution is 2.25. The van der Waals surface area contributed by atoms with Gasteiger partial charge in [0.2, 0.25) is 0 Å². The Morgan fingerprint density at radius 3 is 2.56 bits per heavy atom. The van der Waals surface area contributed by atoms with Gasteiger partial charge in [-0.15, -0.1) is 13.2 Å². The standard InChI is InChI=1S/C11H8BrF3O3/c12-3-1-2-7-4-8(10(16)17)6-9(5-7)18-11(13,14)15/h1-2,4-6H,3H2,(H,16,17). The lowest BCUT2D eigenvalue weighted by molar-refractivity contribution is -0.274. The van der Waals surface area contributed by atoms with Crippen molar-refractivity contribution >= 4 is 28.0 Å². The van der Waals surface area contributed by atoms with Crippen LogP contribution in [0.1, 0.15) is 15.9 Å². The molecule has 18 heavy (non-hydrogen) atoms. The first-order valence-corrected chi connectivity index (χ1v) is 5.80. The number of carboxylic acids is 1. The summed E-state index contributed by atoms with van der Waals surface area (Å²) in [6, 6.07) is 3.19. The fourth-order valence-electron chi connectivity index (χ4n) is 1.21. The summed E-state index contributed by atoms with van der Waals surface area (Å²) in [5.74, 6) is -1.88. The van der Waals surface area contributed by atoms with Crippen LogP contribution in [0.2, 0.25) is 0 Å². The van der Waals surface area contributed by atoms with Gasteiger partial charge in [0.15, 0.2) is 0 Å². The fraction of sp³-hybridized carbons (Fsp3) is 0.182. The topological polar surface area (TPSA) is 46.5 Å². The molecule has 98 valence electrons. The average Bonchev–Trinajstić information content (AvgIpc) is 2.23. The van der Waals surface area contributed by atoms with E-state index in [9.17, 15) is 18.0 Å². The van der Waals surface area contributed by atoms with E-state index in [-0.39, 0.29) is 5.56 Å². The van der Waals surface area contributed by atoms with Crippen molar-refractivity contribution in [1.29, 1.82) is 0 Å². The minimum atomic E-state index is -4.85. The molecule has 0 heterocycles. The second kappa shape index (κ2) is 5.90. The summed E-state index contributed by atoms with van der Waals surface area (Å²) >= 11 is 3.11. The molecule has 0 atom stereocenters. The van der Waals surface area contributed by atoms with Crippen molar-refractivity contribution in [3.05, 3.63) is 35.4 Å². The maximum absolute atomic E-state index is 12.1. The number of aromatic carboxylic acids is 1. The minimum absolute atomic E-state index is 0.272. The Bertz CT molecular complexity index is 469. The highest BCUT2D eigenvalue weighted by atomic mass is 79.9. The summed E-state index contributed by atoms with van der Waals surface area (Å²) in [5, 5.41) is 9.29. The van der Waals surface area contributed by atoms with Gasteiger partial charge >= 0.3 is 12.3 Å². The van der Waals surface area contributed by atoms with Crippen LogP contribution >= 0.6 is 15.9 Å². The molecular weight excluding hydrogens is 317 g/mol. The number of hydrogen-bond donors (Lipinski definition) is 1. The highest BCUT2D eigenvalue weighted by molar-refractivity contribution is 9.09. The van der Waals surface area contributed by atoms with Crippen LogP contribution in [0, 0.1) is 0 Å². The zero-order chi connectivity index (χ0) is 13.8. The van der Waals surface area contributed by atoms with E-state index >= 15 is 0 Å². The maximum atomic E-state index is 12.1. The number of ether oxygens (including phenoxy) is 1. The molecule has 0 radical (unpaired) electrons. The smallest absolute Gasteiger partial charge is 0.478 e. The third-order valence-corrected chi connectivity index (χ3v) is 2.18. The van der Waals surface area contributed by atoms with Gasteiger partial charge in [0.05, 0.1) is 5.56 Å². The van der Waals surface area contributed by atoms with Crippen molar-refractivity contribution < 1.29 is 27.8 Å². The van der Waals surface area contributed by atoms with Crippen molar-refractivity contribution in [1.82, 2.24) is 0 Å². The number of halogens is 4. The third kappa shape index (κ3) is 4.79. The first-order valence-electron chi connectivity index (χ1n) is 4.68. The van der Waals surface area contributed by atoms with Gasteiger partial charge in [-0.25, -0.2) is 4.79 Å². The van der Waals surface area contributed by atoms with Gasteiger partial charge in [0.1, 0.15) is 5.75 Å². The number of benzene rings is 1. The largest absolute Gasteiger partial charge is 0.573 e. The second-order valence-corrected chi connectivity index (χ2v) is 3.85.